The largest absolute Gasteiger partial charge is 0.366 e. The molecule has 0 saturated heterocycles. The van der Waals surface area contributed by atoms with E-state index < -0.39 is 4.92 Å². The number of fused-ring (bicyclic) bond motifs is 1. The molecule has 0 fully saturated rings. The third kappa shape index (κ3) is 4.79. The van der Waals surface area contributed by atoms with Crippen LogP contribution in [0.15, 0.2) is 30.9 Å². The van der Waals surface area contributed by atoms with Crippen molar-refractivity contribution in [2.45, 2.75) is 19.8 Å². The number of hydrogen-bond acceptors (Lipinski definition) is 6. The van der Waals surface area contributed by atoms with Crippen molar-refractivity contribution >= 4 is 40.8 Å². The number of halogens is 1. The molecule has 1 aromatic heterocycles. The highest BCUT2D eigenvalue weighted by molar-refractivity contribution is 5.91. The van der Waals surface area contributed by atoms with Crippen LogP contribution in [-0.4, -0.2) is 28.0 Å². The Kier molecular flexibility index (Phi) is 7.21. The van der Waals surface area contributed by atoms with Gasteiger partial charge in [0.1, 0.15) is 5.82 Å². The molecule has 124 valence electrons. The van der Waals surface area contributed by atoms with Crippen LogP contribution in [0.25, 0.3) is 10.9 Å². The van der Waals surface area contributed by atoms with Gasteiger partial charge in [-0.3, -0.25) is 10.1 Å². The Hall–Kier alpha value is -2.41. The second-order valence-corrected chi connectivity index (χ2v) is 4.80. The summed E-state index contributed by atoms with van der Waals surface area (Å²) in [7, 11) is 0. The third-order valence-electron chi connectivity index (χ3n) is 3.12. The van der Waals surface area contributed by atoms with Gasteiger partial charge in [-0.05, 0) is 12.5 Å². The molecule has 0 saturated carbocycles. The van der Waals surface area contributed by atoms with E-state index >= 15 is 0 Å². The molecule has 0 aliphatic rings. The van der Waals surface area contributed by atoms with Gasteiger partial charge in [0, 0.05) is 30.6 Å². The standard InChI is InChI=1S/C15H19N5O2.ClH/c1-3-5-9-17-15-18-13-7-6-11(20(21)22)10-12(13)14(19-15)16-8-4-2;/h4,6-7,10H,2-3,5,8-9H2,1H3,(H2,16,17,18,19);1H. The lowest BCUT2D eigenvalue weighted by Gasteiger charge is -2.10. The maximum Gasteiger partial charge on any atom is 0.270 e. The maximum atomic E-state index is 10.9. The molecule has 0 atom stereocenters. The second-order valence-electron chi connectivity index (χ2n) is 4.80. The number of unbranched alkanes of at least 4 members (excludes halogenated alkanes) is 1. The Bertz CT molecular complexity index is 693. The zero-order valence-corrected chi connectivity index (χ0v) is 13.7. The topological polar surface area (TPSA) is 93.0 Å². The SMILES string of the molecule is C=CCNc1nc(NCCCC)nc2ccc([N+](=O)[O-])cc12.Cl. The summed E-state index contributed by atoms with van der Waals surface area (Å²) in [5, 5.41) is 17.8. The van der Waals surface area contributed by atoms with E-state index in [4.69, 9.17) is 0 Å². The number of hydrogen-bond donors (Lipinski definition) is 2. The third-order valence-corrected chi connectivity index (χ3v) is 3.12. The van der Waals surface area contributed by atoms with E-state index in [1.165, 1.54) is 12.1 Å². The van der Waals surface area contributed by atoms with Crippen LogP contribution in [0.2, 0.25) is 0 Å². The van der Waals surface area contributed by atoms with E-state index in [0.717, 1.165) is 19.4 Å². The average molecular weight is 338 g/mol. The van der Waals surface area contributed by atoms with Gasteiger partial charge < -0.3 is 10.6 Å². The predicted octanol–water partition coefficient (Wildman–Crippen LogP) is 3.77. The molecule has 0 radical (unpaired) electrons. The minimum absolute atomic E-state index is 0. The Labute approximate surface area is 140 Å². The summed E-state index contributed by atoms with van der Waals surface area (Å²) in [4.78, 5) is 19.3. The summed E-state index contributed by atoms with van der Waals surface area (Å²) in [6.07, 6.45) is 3.81. The Balaban J connectivity index is 0.00000264. The number of nitro benzene ring substituents is 1. The first-order chi connectivity index (χ1) is 10.7. The molecule has 0 aliphatic heterocycles. The highest BCUT2D eigenvalue weighted by Crippen LogP contribution is 2.26. The van der Waals surface area contributed by atoms with Crippen molar-refractivity contribution in [1.82, 2.24) is 9.97 Å². The van der Waals surface area contributed by atoms with Crippen LogP contribution in [-0.2, 0) is 0 Å². The highest BCUT2D eigenvalue weighted by Gasteiger charge is 2.12. The van der Waals surface area contributed by atoms with Gasteiger partial charge in [0.05, 0.1) is 10.4 Å². The van der Waals surface area contributed by atoms with E-state index in [9.17, 15) is 10.1 Å². The number of non-ortho nitro benzene ring substituents is 1. The van der Waals surface area contributed by atoms with Crippen molar-refractivity contribution < 1.29 is 4.92 Å². The van der Waals surface area contributed by atoms with E-state index in [2.05, 4.69) is 34.1 Å². The van der Waals surface area contributed by atoms with Crippen LogP contribution < -0.4 is 10.6 Å². The molecule has 0 unspecified atom stereocenters. The lowest BCUT2D eigenvalue weighted by atomic mass is 10.2. The molecule has 0 spiro atoms. The van der Waals surface area contributed by atoms with Gasteiger partial charge in [-0.15, -0.1) is 19.0 Å². The molecular weight excluding hydrogens is 318 g/mol. The monoisotopic (exact) mass is 337 g/mol. The number of aromatic nitrogens is 2. The van der Waals surface area contributed by atoms with Crippen LogP contribution in [0.5, 0.6) is 0 Å². The van der Waals surface area contributed by atoms with Crippen molar-refractivity contribution in [3.05, 3.63) is 41.0 Å². The first-order valence-corrected chi connectivity index (χ1v) is 7.20. The molecule has 2 rings (SSSR count). The van der Waals surface area contributed by atoms with Crippen molar-refractivity contribution in [3.8, 4) is 0 Å². The average Bonchev–Trinajstić information content (AvgIpc) is 2.52. The molecule has 7 nitrogen and oxygen atoms in total. The van der Waals surface area contributed by atoms with Crippen LogP contribution in [0.1, 0.15) is 19.8 Å². The lowest BCUT2D eigenvalue weighted by Crippen LogP contribution is -2.09. The molecular formula is C15H20ClN5O2. The Morgan fingerprint density at radius 3 is 2.78 bits per heavy atom. The van der Waals surface area contributed by atoms with E-state index in [0.29, 0.717) is 29.2 Å². The summed E-state index contributed by atoms with van der Waals surface area (Å²) >= 11 is 0. The number of nitrogens with one attached hydrogen (secondary N) is 2. The zero-order chi connectivity index (χ0) is 15.9. The number of benzene rings is 1. The van der Waals surface area contributed by atoms with Gasteiger partial charge in [-0.25, -0.2) is 4.98 Å². The fraction of sp³-hybridized carbons (Fsp3) is 0.333. The van der Waals surface area contributed by atoms with Crippen LogP contribution in [0.3, 0.4) is 0 Å². The first-order valence-electron chi connectivity index (χ1n) is 7.20. The summed E-state index contributed by atoms with van der Waals surface area (Å²) in [5.74, 6) is 1.08. The van der Waals surface area contributed by atoms with Gasteiger partial charge in [0.25, 0.3) is 5.69 Å². The fourth-order valence-corrected chi connectivity index (χ4v) is 1.99. The van der Waals surface area contributed by atoms with Gasteiger partial charge in [0.15, 0.2) is 0 Å². The van der Waals surface area contributed by atoms with E-state index in [1.807, 2.05) is 0 Å². The number of anilines is 2. The van der Waals surface area contributed by atoms with Crippen molar-refractivity contribution in [2.75, 3.05) is 23.7 Å². The van der Waals surface area contributed by atoms with Gasteiger partial charge in [0.2, 0.25) is 5.95 Å². The molecule has 8 heteroatoms. The van der Waals surface area contributed by atoms with Gasteiger partial charge in [-0.2, -0.15) is 4.98 Å². The van der Waals surface area contributed by atoms with Crippen LogP contribution in [0, 0.1) is 10.1 Å². The van der Waals surface area contributed by atoms with Gasteiger partial charge >= 0.3 is 0 Å². The summed E-state index contributed by atoms with van der Waals surface area (Å²) < 4.78 is 0. The van der Waals surface area contributed by atoms with Gasteiger partial charge in [-0.1, -0.05) is 19.4 Å². The van der Waals surface area contributed by atoms with Crippen LogP contribution >= 0.6 is 12.4 Å². The minimum Gasteiger partial charge on any atom is -0.366 e. The molecule has 2 N–H and O–H groups in total. The summed E-state index contributed by atoms with van der Waals surface area (Å²) in [5.41, 5.74) is 0.676. The fourth-order valence-electron chi connectivity index (χ4n) is 1.99. The number of nitro groups is 1. The van der Waals surface area contributed by atoms with E-state index in [-0.39, 0.29) is 18.1 Å². The molecule has 2 aromatic rings. The summed E-state index contributed by atoms with van der Waals surface area (Å²) in [6.45, 7) is 7.07. The molecule has 0 amide bonds. The lowest BCUT2D eigenvalue weighted by molar-refractivity contribution is -0.384. The number of nitrogens with zero attached hydrogens (tertiary/aromatic N) is 3. The molecule has 0 bridgehead atoms. The maximum absolute atomic E-state index is 10.9. The number of rotatable bonds is 8. The van der Waals surface area contributed by atoms with Crippen molar-refractivity contribution in [2.24, 2.45) is 0 Å². The van der Waals surface area contributed by atoms with Crippen molar-refractivity contribution in [1.29, 1.82) is 0 Å². The minimum atomic E-state index is -0.426. The Morgan fingerprint density at radius 1 is 1.35 bits per heavy atom. The zero-order valence-electron chi connectivity index (χ0n) is 12.9. The summed E-state index contributed by atoms with van der Waals surface area (Å²) in [6, 6.07) is 4.57. The van der Waals surface area contributed by atoms with Crippen LogP contribution in [0.4, 0.5) is 17.5 Å². The van der Waals surface area contributed by atoms with Crippen molar-refractivity contribution in [3.63, 3.8) is 0 Å². The second kappa shape index (κ2) is 8.89. The molecule has 23 heavy (non-hydrogen) atoms. The molecule has 0 aliphatic carbocycles. The normalized spacial score (nSPS) is 9.96. The smallest absolute Gasteiger partial charge is 0.270 e. The highest BCUT2D eigenvalue weighted by atomic mass is 35.5. The predicted molar refractivity (Wildman–Crippen MR) is 95.5 cm³/mol. The molecule has 1 heterocycles. The molecule has 1 aromatic carbocycles. The van der Waals surface area contributed by atoms with E-state index in [1.54, 1.807) is 12.1 Å². The Morgan fingerprint density at radius 2 is 2.13 bits per heavy atom. The quantitative estimate of drug-likeness (QED) is 0.329. The first kappa shape index (κ1) is 18.6.